The van der Waals surface area contributed by atoms with Crippen molar-refractivity contribution in [3.63, 3.8) is 0 Å². The lowest BCUT2D eigenvalue weighted by Gasteiger charge is -2.18. The predicted octanol–water partition coefficient (Wildman–Crippen LogP) is 4.32. The van der Waals surface area contributed by atoms with E-state index in [4.69, 9.17) is 0 Å². The first-order valence-electron chi connectivity index (χ1n) is 9.51. The fourth-order valence-electron chi connectivity index (χ4n) is 3.02. The fraction of sp³-hybridized carbons (Fsp3) is 0.167. The summed E-state index contributed by atoms with van der Waals surface area (Å²) in [5, 5.41) is 5.94. The van der Waals surface area contributed by atoms with Crippen molar-refractivity contribution in [2.45, 2.75) is 13.5 Å². The number of amides is 2. The quantitative estimate of drug-likeness (QED) is 0.635. The van der Waals surface area contributed by atoms with Gasteiger partial charge in [-0.1, -0.05) is 48.5 Å². The highest BCUT2D eigenvalue weighted by atomic mass is 16.2. The van der Waals surface area contributed by atoms with E-state index in [0.29, 0.717) is 17.8 Å². The number of carbonyl (C=O) groups excluding carboxylic acids is 2. The van der Waals surface area contributed by atoms with E-state index < -0.39 is 0 Å². The zero-order valence-corrected chi connectivity index (χ0v) is 16.7. The number of benzene rings is 3. The molecule has 0 saturated carbocycles. The Morgan fingerprint density at radius 1 is 0.862 bits per heavy atom. The summed E-state index contributed by atoms with van der Waals surface area (Å²) in [5.41, 5.74) is 4.22. The normalized spacial score (nSPS) is 10.3. The van der Waals surface area contributed by atoms with Gasteiger partial charge < -0.3 is 15.5 Å². The maximum absolute atomic E-state index is 12.7. The maximum atomic E-state index is 12.7. The summed E-state index contributed by atoms with van der Waals surface area (Å²) in [5.74, 6) is -0.267. The van der Waals surface area contributed by atoms with Crippen molar-refractivity contribution in [2.75, 3.05) is 24.2 Å². The molecule has 0 heterocycles. The highest BCUT2D eigenvalue weighted by Crippen LogP contribution is 2.14. The third-order valence-corrected chi connectivity index (χ3v) is 4.47. The number of nitrogens with zero attached hydrogens (tertiary/aromatic N) is 1. The van der Waals surface area contributed by atoms with Crippen LogP contribution in [0.25, 0.3) is 0 Å². The smallest absolute Gasteiger partial charge is 0.253 e. The van der Waals surface area contributed by atoms with E-state index >= 15 is 0 Å². The van der Waals surface area contributed by atoms with Crippen LogP contribution in [0.1, 0.15) is 21.5 Å². The molecule has 5 nitrogen and oxygen atoms in total. The summed E-state index contributed by atoms with van der Waals surface area (Å²) >= 11 is 0. The number of hydrogen-bond donors (Lipinski definition) is 2. The first-order chi connectivity index (χ1) is 14.0. The van der Waals surface area contributed by atoms with Crippen LogP contribution in [0.4, 0.5) is 11.4 Å². The molecule has 0 aromatic heterocycles. The summed E-state index contributed by atoms with van der Waals surface area (Å²) in [6.45, 7) is 2.68. The van der Waals surface area contributed by atoms with Crippen molar-refractivity contribution < 1.29 is 9.59 Å². The minimum Gasteiger partial charge on any atom is -0.376 e. The van der Waals surface area contributed by atoms with Gasteiger partial charge in [-0.15, -0.1) is 0 Å². The predicted molar refractivity (Wildman–Crippen MR) is 117 cm³/mol. The molecule has 0 aliphatic rings. The zero-order chi connectivity index (χ0) is 20.6. The van der Waals surface area contributed by atoms with Gasteiger partial charge in [0.25, 0.3) is 5.91 Å². The molecule has 0 aliphatic heterocycles. The highest BCUT2D eigenvalue weighted by Gasteiger charge is 2.13. The standard InChI is InChI=1S/C24H25N3O2/c1-18-8-6-12-21(14-18)25-16-23(28)26-22-13-7-11-20(15-22)24(29)27(2)17-19-9-4-3-5-10-19/h3-15,25H,16-17H2,1-2H3,(H,26,28). The Kier molecular flexibility index (Phi) is 6.63. The third kappa shape index (κ3) is 5.94. The number of nitrogens with one attached hydrogen (secondary N) is 2. The van der Waals surface area contributed by atoms with Crippen molar-refractivity contribution >= 4 is 23.2 Å². The molecule has 2 amide bonds. The molecular formula is C24H25N3O2. The summed E-state index contributed by atoms with van der Waals surface area (Å²) in [4.78, 5) is 26.7. The second-order valence-electron chi connectivity index (χ2n) is 7.00. The van der Waals surface area contributed by atoms with E-state index in [-0.39, 0.29) is 18.4 Å². The van der Waals surface area contributed by atoms with Gasteiger partial charge in [-0.05, 0) is 48.4 Å². The molecule has 0 bridgehead atoms. The average molecular weight is 387 g/mol. The van der Waals surface area contributed by atoms with Crippen molar-refractivity contribution in [1.29, 1.82) is 0 Å². The second-order valence-corrected chi connectivity index (χ2v) is 7.00. The SMILES string of the molecule is Cc1cccc(NCC(=O)Nc2cccc(C(=O)N(C)Cc3ccccc3)c2)c1. The Morgan fingerprint density at radius 3 is 2.34 bits per heavy atom. The van der Waals surface area contributed by atoms with Crippen LogP contribution in [0, 0.1) is 6.92 Å². The van der Waals surface area contributed by atoms with E-state index in [1.807, 2.05) is 61.5 Å². The van der Waals surface area contributed by atoms with Gasteiger partial charge in [0.05, 0.1) is 6.54 Å². The van der Waals surface area contributed by atoms with Crippen LogP contribution < -0.4 is 10.6 Å². The van der Waals surface area contributed by atoms with E-state index in [0.717, 1.165) is 16.8 Å². The number of hydrogen-bond acceptors (Lipinski definition) is 3. The van der Waals surface area contributed by atoms with Gasteiger partial charge in [-0.2, -0.15) is 0 Å². The van der Waals surface area contributed by atoms with E-state index in [2.05, 4.69) is 10.6 Å². The zero-order valence-electron chi connectivity index (χ0n) is 16.7. The molecule has 0 saturated heterocycles. The lowest BCUT2D eigenvalue weighted by Crippen LogP contribution is -2.26. The molecule has 2 N–H and O–H groups in total. The van der Waals surface area contributed by atoms with Crippen molar-refractivity contribution in [2.24, 2.45) is 0 Å². The van der Waals surface area contributed by atoms with Gasteiger partial charge in [0, 0.05) is 30.5 Å². The molecule has 3 aromatic rings. The first-order valence-corrected chi connectivity index (χ1v) is 9.51. The molecule has 148 valence electrons. The summed E-state index contributed by atoms with van der Waals surface area (Å²) < 4.78 is 0. The lowest BCUT2D eigenvalue weighted by atomic mass is 10.1. The summed E-state index contributed by atoms with van der Waals surface area (Å²) in [6.07, 6.45) is 0. The van der Waals surface area contributed by atoms with Crippen LogP contribution in [0.2, 0.25) is 0 Å². The Labute approximate surface area is 171 Å². The van der Waals surface area contributed by atoms with E-state index in [1.165, 1.54) is 0 Å². The topological polar surface area (TPSA) is 61.4 Å². The van der Waals surface area contributed by atoms with Gasteiger partial charge in [0.1, 0.15) is 0 Å². The minimum atomic E-state index is -0.172. The summed E-state index contributed by atoms with van der Waals surface area (Å²) in [6, 6.07) is 24.7. The van der Waals surface area contributed by atoms with Gasteiger partial charge in [-0.3, -0.25) is 9.59 Å². The van der Waals surface area contributed by atoms with Gasteiger partial charge in [-0.25, -0.2) is 0 Å². The Hall–Kier alpha value is -3.60. The Bertz CT molecular complexity index is 986. The Balaban J connectivity index is 1.58. The Morgan fingerprint density at radius 2 is 1.59 bits per heavy atom. The van der Waals surface area contributed by atoms with Crippen LogP contribution in [0.5, 0.6) is 0 Å². The van der Waals surface area contributed by atoms with Gasteiger partial charge in [0.15, 0.2) is 0 Å². The molecule has 3 aromatic carbocycles. The van der Waals surface area contributed by atoms with Gasteiger partial charge >= 0.3 is 0 Å². The molecule has 29 heavy (non-hydrogen) atoms. The first kappa shape index (κ1) is 20.1. The van der Waals surface area contributed by atoms with Crippen LogP contribution in [0.15, 0.2) is 78.9 Å². The van der Waals surface area contributed by atoms with Crippen LogP contribution in [0.3, 0.4) is 0 Å². The second kappa shape index (κ2) is 9.55. The van der Waals surface area contributed by atoms with Crippen molar-refractivity contribution in [3.05, 3.63) is 95.6 Å². The van der Waals surface area contributed by atoms with Crippen molar-refractivity contribution in [1.82, 2.24) is 4.90 Å². The molecule has 0 fully saturated rings. The number of carbonyl (C=O) groups is 2. The molecule has 5 heteroatoms. The van der Waals surface area contributed by atoms with Crippen LogP contribution >= 0.6 is 0 Å². The maximum Gasteiger partial charge on any atom is 0.253 e. The number of rotatable bonds is 7. The molecular weight excluding hydrogens is 362 g/mol. The van der Waals surface area contributed by atoms with Gasteiger partial charge in [0.2, 0.25) is 5.91 Å². The van der Waals surface area contributed by atoms with E-state index in [1.54, 1.807) is 36.2 Å². The lowest BCUT2D eigenvalue weighted by molar-refractivity contribution is -0.114. The molecule has 0 spiro atoms. The minimum absolute atomic E-state index is 0.0946. The fourth-order valence-corrected chi connectivity index (χ4v) is 3.02. The van der Waals surface area contributed by atoms with E-state index in [9.17, 15) is 9.59 Å². The molecule has 3 rings (SSSR count). The van der Waals surface area contributed by atoms with Crippen molar-refractivity contribution in [3.8, 4) is 0 Å². The highest BCUT2D eigenvalue weighted by molar-refractivity contribution is 5.98. The van der Waals surface area contributed by atoms with Crippen LogP contribution in [-0.2, 0) is 11.3 Å². The molecule has 0 atom stereocenters. The third-order valence-electron chi connectivity index (χ3n) is 4.47. The number of aryl methyl sites for hydroxylation is 1. The van der Waals surface area contributed by atoms with Crippen LogP contribution in [-0.4, -0.2) is 30.3 Å². The number of anilines is 2. The molecule has 0 unspecified atom stereocenters. The average Bonchev–Trinajstić information content (AvgIpc) is 2.73. The monoisotopic (exact) mass is 387 g/mol. The largest absolute Gasteiger partial charge is 0.376 e. The molecule has 0 radical (unpaired) electrons. The molecule has 0 aliphatic carbocycles. The summed E-state index contributed by atoms with van der Waals surface area (Å²) in [7, 11) is 1.77.